The standard InChI is InChI=1S/C6H12N2O/c9-6-1-3-8(6)4-2-7-5-6/h7,9H,1-5H2. The number of hydrogen-bond donors (Lipinski definition) is 2. The highest BCUT2D eigenvalue weighted by molar-refractivity contribution is 4.94. The van der Waals surface area contributed by atoms with Gasteiger partial charge in [0.1, 0.15) is 5.72 Å². The molecule has 0 aromatic heterocycles. The third-order valence-electron chi connectivity index (χ3n) is 2.34. The quantitative estimate of drug-likeness (QED) is 0.438. The predicted molar refractivity (Wildman–Crippen MR) is 34.0 cm³/mol. The van der Waals surface area contributed by atoms with Gasteiger partial charge in [-0.1, -0.05) is 0 Å². The molecule has 2 aliphatic heterocycles. The van der Waals surface area contributed by atoms with Gasteiger partial charge in [-0.15, -0.1) is 0 Å². The second kappa shape index (κ2) is 1.68. The minimum absolute atomic E-state index is 0.460. The lowest BCUT2D eigenvalue weighted by Crippen LogP contribution is -2.69. The molecule has 1 unspecified atom stereocenters. The molecule has 0 saturated carbocycles. The Morgan fingerprint density at radius 3 is 2.67 bits per heavy atom. The van der Waals surface area contributed by atoms with Crippen LogP contribution in [-0.4, -0.2) is 41.9 Å². The van der Waals surface area contributed by atoms with Gasteiger partial charge < -0.3 is 10.4 Å². The molecule has 0 radical (unpaired) electrons. The Labute approximate surface area is 54.7 Å². The largest absolute Gasteiger partial charge is 0.374 e. The van der Waals surface area contributed by atoms with E-state index in [1.165, 1.54) is 0 Å². The minimum Gasteiger partial charge on any atom is -0.374 e. The van der Waals surface area contributed by atoms with E-state index in [1.54, 1.807) is 0 Å². The average molecular weight is 128 g/mol. The first-order valence-electron chi connectivity index (χ1n) is 3.49. The lowest BCUT2D eigenvalue weighted by atomic mass is 9.96. The van der Waals surface area contributed by atoms with Gasteiger partial charge in [-0.05, 0) is 0 Å². The Hall–Kier alpha value is -0.120. The van der Waals surface area contributed by atoms with Crippen LogP contribution in [0.15, 0.2) is 0 Å². The number of aliphatic hydroxyl groups is 1. The third kappa shape index (κ3) is 0.689. The van der Waals surface area contributed by atoms with Crippen molar-refractivity contribution in [1.82, 2.24) is 10.2 Å². The van der Waals surface area contributed by atoms with Crippen LogP contribution in [0, 0.1) is 0 Å². The molecule has 0 bridgehead atoms. The Kier molecular flexibility index (Phi) is 1.06. The molecule has 1 atom stereocenters. The number of piperazine rings is 1. The van der Waals surface area contributed by atoms with Gasteiger partial charge in [0.2, 0.25) is 0 Å². The maximum absolute atomic E-state index is 9.59. The van der Waals surface area contributed by atoms with Crippen LogP contribution in [-0.2, 0) is 0 Å². The van der Waals surface area contributed by atoms with Crippen LogP contribution in [0.4, 0.5) is 0 Å². The van der Waals surface area contributed by atoms with E-state index in [0.29, 0.717) is 0 Å². The Bertz CT molecular complexity index is 128. The van der Waals surface area contributed by atoms with Crippen molar-refractivity contribution in [2.45, 2.75) is 12.1 Å². The van der Waals surface area contributed by atoms with Crippen molar-refractivity contribution in [1.29, 1.82) is 0 Å². The molecule has 9 heavy (non-hydrogen) atoms. The normalized spacial score (nSPS) is 43.7. The van der Waals surface area contributed by atoms with Gasteiger partial charge in [0.15, 0.2) is 0 Å². The molecule has 2 aliphatic rings. The van der Waals surface area contributed by atoms with Crippen LogP contribution in [0.1, 0.15) is 6.42 Å². The van der Waals surface area contributed by atoms with E-state index in [1.807, 2.05) is 0 Å². The van der Waals surface area contributed by atoms with Crippen LogP contribution in [0.5, 0.6) is 0 Å². The van der Waals surface area contributed by atoms with Crippen LogP contribution < -0.4 is 5.32 Å². The topological polar surface area (TPSA) is 35.5 Å². The Morgan fingerprint density at radius 2 is 2.33 bits per heavy atom. The fraction of sp³-hybridized carbons (Fsp3) is 1.00. The van der Waals surface area contributed by atoms with Crippen LogP contribution in [0.3, 0.4) is 0 Å². The molecule has 2 rings (SSSR count). The molecule has 3 heteroatoms. The molecule has 0 aromatic rings. The highest BCUT2D eigenvalue weighted by Crippen LogP contribution is 2.27. The summed E-state index contributed by atoms with van der Waals surface area (Å²) >= 11 is 0. The number of nitrogens with one attached hydrogen (secondary N) is 1. The lowest BCUT2D eigenvalue weighted by Gasteiger charge is -2.51. The second-order valence-corrected chi connectivity index (χ2v) is 2.90. The molecule has 2 saturated heterocycles. The molecular formula is C6H12N2O. The number of β-amino-alcohol motifs (C(OH)–C–C–N with tert-alkyl or cyclic N) is 1. The SMILES string of the molecule is OC12CCN1CCNC2. The Morgan fingerprint density at radius 1 is 1.44 bits per heavy atom. The molecule has 2 fully saturated rings. The van der Waals surface area contributed by atoms with Crippen molar-refractivity contribution in [2.75, 3.05) is 26.2 Å². The van der Waals surface area contributed by atoms with E-state index in [4.69, 9.17) is 0 Å². The first kappa shape index (κ1) is 5.65. The molecule has 0 aliphatic carbocycles. The minimum atomic E-state index is -0.460. The van der Waals surface area contributed by atoms with Crippen molar-refractivity contribution in [2.24, 2.45) is 0 Å². The lowest BCUT2D eigenvalue weighted by molar-refractivity contribution is -0.189. The van der Waals surface area contributed by atoms with E-state index in [2.05, 4.69) is 10.2 Å². The zero-order valence-corrected chi connectivity index (χ0v) is 5.43. The van der Waals surface area contributed by atoms with Gasteiger partial charge in [-0.3, -0.25) is 4.90 Å². The van der Waals surface area contributed by atoms with E-state index >= 15 is 0 Å². The first-order valence-corrected chi connectivity index (χ1v) is 3.49. The summed E-state index contributed by atoms with van der Waals surface area (Å²) in [7, 11) is 0. The summed E-state index contributed by atoms with van der Waals surface area (Å²) in [5.74, 6) is 0. The first-order chi connectivity index (χ1) is 4.31. The summed E-state index contributed by atoms with van der Waals surface area (Å²) in [6, 6.07) is 0. The highest BCUT2D eigenvalue weighted by Gasteiger charge is 2.43. The number of hydrogen-bond acceptors (Lipinski definition) is 3. The van der Waals surface area contributed by atoms with Gasteiger partial charge in [0, 0.05) is 32.6 Å². The number of rotatable bonds is 0. The van der Waals surface area contributed by atoms with Crippen molar-refractivity contribution >= 4 is 0 Å². The van der Waals surface area contributed by atoms with Crippen molar-refractivity contribution in [3.63, 3.8) is 0 Å². The fourth-order valence-corrected chi connectivity index (χ4v) is 1.55. The van der Waals surface area contributed by atoms with E-state index < -0.39 is 5.72 Å². The number of fused-ring (bicyclic) bond motifs is 1. The van der Waals surface area contributed by atoms with Crippen LogP contribution in [0.2, 0.25) is 0 Å². The number of nitrogens with zero attached hydrogens (tertiary/aromatic N) is 1. The van der Waals surface area contributed by atoms with Gasteiger partial charge in [0.25, 0.3) is 0 Å². The highest BCUT2D eigenvalue weighted by atomic mass is 16.3. The maximum Gasteiger partial charge on any atom is 0.132 e. The monoisotopic (exact) mass is 128 g/mol. The summed E-state index contributed by atoms with van der Waals surface area (Å²) < 4.78 is 0. The van der Waals surface area contributed by atoms with E-state index in [0.717, 1.165) is 32.6 Å². The zero-order chi connectivity index (χ0) is 6.32. The predicted octanol–water partition coefficient (Wildman–Crippen LogP) is -1.02. The second-order valence-electron chi connectivity index (χ2n) is 2.90. The molecule has 0 spiro atoms. The maximum atomic E-state index is 9.59. The Balaban J connectivity index is 2.05. The van der Waals surface area contributed by atoms with Crippen molar-refractivity contribution < 1.29 is 5.11 Å². The summed E-state index contributed by atoms with van der Waals surface area (Å²) in [5.41, 5.74) is -0.460. The van der Waals surface area contributed by atoms with E-state index in [9.17, 15) is 5.11 Å². The van der Waals surface area contributed by atoms with Crippen molar-refractivity contribution in [3.05, 3.63) is 0 Å². The summed E-state index contributed by atoms with van der Waals surface area (Å²) in [4.78, 5) is 2.13. The average Bonchev–Trinajstić information content (AvgIpc) is 1.82. The molecule has 52 valence electrons. The van der Waals surface area contributed by atoms with Gasteiger partial charge in [-0.2, -0.15) is 0 Å². The van der Waals surface area contributed by atoms with Crippen molar-refractivity contribution in [3.8, 4) is 0 Å². The zero-order valence-electron chi connectivity index (χ0n) is 5.43. The molecule has 2 heterocycles. The fourth-order valence-electron chi connectivity index (χ4n) is 1.55. The van der Waals surface area contributed by atoms with Crippen LogP contribution >= 0.6 is 0 Å². The van der Waals surface area contributed by atoms with Gasteiger partial charge in [-0.25, -0.2) is 0 Å². The summed E-state index contributed by atoms with van der Waals surface area (Å²) in [6.45, 7) is 3.88. The van der Waals surface area contributed by atoms with Crippen LogP contribution in [0.25, 0.3) is 0 Å². The summed E-state index contributed by atoms with van der Waals surface area (Å²) in [5, 5.41) is 12.8. The van der Waals surface area contributed by atoms with Gasteiger partial charge in [0.05, 0.1) is 0 Å². The molecule has 3 nitrogen and oxygen atoms in total. The smallest absolute Gasteiger partial charge is 0.132 e. The van der Waals surface area contributed by atoms with E-state index in [-0.39, 0.29) is 0 Å². The molecular weight excluding hydrogens is 116 g/mol. The molecule has 0 aromatic carbocycles. The molecule has 0 amide bonds. The third-order valence-corrected chi connectivity index (χ3v) is 2.34. The molecule has 2 N–H and O–H groups in total. The van der Waals surface area contributed by atoms with Gasteiger partial charge >= 0.3 is 0 Å². The summed E-state index contributed by atoms with van der Waals surface area (Å²) in [6.07, 6.45) is 0.944.